The summed E-state index contributed by atoms with van der Waals surface area (Å²) in [7, 11) is 0. The summed E-state index contributed by atoms with van der Waals surface area (Å²) in [6.45, 7) is 0. The molecule has 0 heterocycles. The van der Waals surface area contributed by atoms with E-state index in [1.165, 1.54) is 12.1 Å². The molecule has 1 saturated carbocycles. The zero-order chi connectivity index (χ0) is 14.9. The Morgan fingerprint density at radius 3 is 2.30 bits per heavy atom. The van der Waals surface area contributed by atoms with Gasteiger partial charge in [-0.3, -0.25) is 9.59 Å². The molecule has 0 aromatic heterocycles. The third-order valence-corrected chi connectivity index (χ3v) is 3.65. The predicted octanol–water partition coefficient (Wildman–Crippen LogP) is 3.24. The van der Waals surface area contributed by atoms with Crippen LogP contribution < -0.4 is 0 Å². The lowest BCUT2D eigenvalue weighted by Crippen LogP contribution is -2.29. The first kappa shape index (κ1) is 14.6. The molecule has 0 amide bonds. The average molecular weight is 286 g/mol. The van der Waals surface area contributed by atoms with Gasteiger partial charge < -0.3 is 5.11 Å². The summed E-state index contributed by atoms with van der Waals surface area (Å²) < 4.78 is 37.4. The Morgan fingerprint density at radius 2 is 1.80 bits per heavy atom. The van der Waals surface area contributed by atoms with Gasteiger partial charge in [0.2, 0.25) is 0 Å². The highest BCUT2D eigenvalue weighted by Gasteiger charge is 2.36. The summed E-state index contributed by atoms with van der Waals surface area (Å²) in [6.07, 6.45) is -3.90. The first-order chi connectivity index (χ1) is 9.29. The lowest BCUT2D eigenvalue weighted by Gasteiger charge is -2.28. The van der Waals surface area contributed by atoms with E-state index < -0.39 is 29.5 Å². The summed E-state index contributed by atoms with van der Waals surface area (Å²) >= 11 is 0. The smallest absolute Gasteiger partial charge is 0.416 e. The van der Waals surface area contributed by atoms with Crippen LogP contribution in [0.25, 0.3) is 0 Å². The first-order valence-corrected chi connectivity index (χ1v) is 6.20. The Hall–Kier alpha value is -1.85. The maximum Gasteiger partial charge on any atom is 0.416 e. The van der Waals surface area contributed by atoms with E-state index in [9.17, 15) is 22.8 Å². The number of carboxylic acid groups (broad SMARTS) is 1. The van der Waals surface area contributed by atoms with Crippen LogP contribution in [-0.2, 0) is 15.8 Å². The van der Waals surface area contributed by atoms with Gasteiger partial charge in [-0.15, -0.1) is 0 Å². The molecule has 1 aliphatic rings. The van der Waals surface area contributed by atoms with E-state index in [0.717, 1.165) is 12.1 Å². The van der Waals surface area contributed by atoms with Crippen LogP contribution in [0.5, 0.6) is 0 Å². The van der Waals surface area contributed by atoms with Gasteiger partial charge in [-0.05, 0) is 24.1 Å². The molecule has 3 nitrogen and oxygen atoms in total. The van der Waals surface area contributed by atoms with Gasteiger partial charge in [-0.25, -0.2) is 0 Å². The Kier molecular flexibility index (Phi) is 3.83. The molecule has 1 fully saturated rings. The van der Waals surface area contributed by atoms with Gasteiger partial charge in [0.1, 0.15) is 5.78 Å². The summed E-state index contributed by atoms with van der Waals surface area (Å²) in [6, 6.07) is 4.38. The van der Waals surface area contributed by atoms with Crippen LogP contribution in [0.15, 0.2) is 24.3 Å². The molecule has 0 saturated heterocycles. The topological polar surface area (TPSA) is 54.4 Å². The van der Waals surface area contributed by atoms with Crippen molar-refractivity contribution in [2.75, 3.05) is 0 Å². The van der Waals surface area contributed by atoms with Crippen molar-refractivity contribution in [3.8, 4) is 0 Å². The fourth-order valence-electron chi connectivity index (χ4n) is 2.57. The van der Waals surface area contributed by atoms with Crippen LogP contribution in [0, 0.1) is 5.92 Å². The van der Waals surface area contributed by atoms with Crippen molar-refractivity contribution < 1.29 is 27.9 Å². The van der Waals surface area contributed by atoms with Crippen LogP contribution in [-0.4, -0.2) is 16.9 Å². The van der Waals surface area contributed by atoms with E-state index in [1.807, 2.05) is 0 Å². The fourth-order valence-corrected chi connectivity index (χ4v) is 2.57. The maximum absolute atomic E-state index is 12.5. The zero-order valence-electron chi connectivity index (χ0n) is 10.5. The number of hydrogen-bond acceptors (Lipinski definition) is 2. The van der Waals surface area contributed by atoms with Crippen molar-refractivity contribution in [2.24, 2.45) is 5.92 Å². The zero-order valence-corrected chi connectivity index (χ0v) is 10.5. The number of Topliss-reactive ketones (excluding diaryl/α,β-unsaturated/α-hetero) is 1. The van der Waals surface area contributed by atoms with Crippen molar-refractivity contribution in [1.82, 2.24) is 0 Å². The minimum Gasteiger partial charge on any atom is -0.481 e. The molecule has 20 heavy (non-hydrogen) atoms. The average Bonchev–Trinajstić information content (AvgIpc) is 2.37. The number of carboxylic acids is 1. The molecule has 6 heteroatoms. The minimum atomic E-state index is -4.42. The Morgan fingerprint density at radius 1 is 1.20 bits per heavy atom. The molecule has 2 unspecified atom stereocenters. The standard InChI is InChI=1S/C14H13F3O3/c15-14(16,17)9-3-1-8(2-4-9)12-7-10(18)5-6-11(12)13(19)20/h1-4,11-12H,5-7H2,(H,19,20). The molecule has 2 rings (SSSR count). The number of carbonyl (C=O) groups excluding carboxylic acids is 1. The number of benzene rings is 1. The van der Waals surface area contributed by atoms with Crippen LogP contribution in [0.2, 0.25) is 0 Å². The molecule has 0 radical (unpaired) electrons. The highest BCUT2D eigenvalue weighted by molar-refractivity contribution is 5.83. The van der Waals surface area contributed by atoms with Crippen molar-refractivity contribution in [2.45, 2.75) is 31.4 Å². The highest BCUT2D eigenvalue weighted by atomic mass is 19.4. The molecule has 108 valence electrons. The summed E-state index contributed by atoms with van der Waals surface area (Å²) in [5.74, 6) is -2.32. The number of alkyl halides is 3. The minimum absolute atomic E-state index is 0.0487. The van der Waals surface area contributed by atoms with E-state index >= 15 is 0 Å². The molecule has 0 aliphatic heterocycles. The number of aliphatic carboxylic acids is 1. The molecule has 1 aromatic carbocycles. The number of ketones is 1. The summed E-state index contributed by atoms with van der Waals surface area (Å²) in [5, 5.41) is 9.15. The molecule has 1 aromatic rings. The fraction of sp³-hybridized carbons (Fsp3) is 0.429. The van der Waals surface area contributed by atoms with Gasteiger partial charge in [-0.2, -0.15) is 13.2 Å². The van der Waals surface area contributed by atoms with Gasteiger partial charge >= 0.3 is 12.1 Å². The van der Waals surface area contributed by atoms with Crippen LogP contribution >= 0.6 is 0 Å². The number of hydrogen-bond donors (Lipinski definition) is 1. The third kappa shape index (κ3) is 3.00. The first-order valence-electron chi connectivity index (χ1n) is 6.20. The van der Waals surface area contributed by atoms with Crippen molar-refractivity contribution >= 4 is 11.8 Å². The van der Waals surface area contributed by atoms with Crippen LogP contribution in [0.4, 0.5) is 13.2 Å². The molecular weight excluding hydrogens is 273 g/mol. The largest absolute Gasteiger partial charge is 0.481 e. The predicted molar refractivity (Wildman–Crippen MR) is 64.2 cm³/mol. The molecule has 0 bridgehead atoms. The van der Waals surface area contributed by atoms with Gasteiger partial charge in [-0.1, -0.05) is 12.1 Å². The van der Waals surface area contributed by atoms with Crippen LogP contribution in [0.3, 0.4) is 0 Å². The molecule has 0 spiro atoms. The van der Waals surface area contributed by atoms with E-state index in [2.05, 4.69) is 0 Å². The van der Waals surface area contributed by atoms with E-state index in [1.54, 1.807) is 0 Å². The lowest BCUT2D eigenvalue weighted by molar-refractivity contribution is -0.144. The van der Waals surface area contributed by atoms with E-state index in [-0.39, 0.29) is 25.0 Å². The maximum atomic E-state index is 12.5. The van der Waals surface area contributed by atoms with Gasteiger partial charge in [0.05, 0.1) is 11.5 Å². The van der Waals surface area contributed by atoms with Crippen molar-refractivity contribution in [3.63, 3.8) is 0 Å². The second kappa shape index (κ2) is 5.26. The summed E-state index contributed by atoms with van der Waals surface area (Å²) in [5.41, 5.74) is -0.311. The quantitative estimate of drug-likeness (QED) is 0.908. The SMILES string of the molecule is O=C1CCC(C(=O)O)C(c2ccc(C(F)(F)F)cc2)C1. The second-order valence-corrected chi connectivity index (χ2v) is 4.95. The Bertz CT molecular complexity index is 519. The molecule has 2 atom stereocenters. The number of rotatable bonds is 2. The van der Waals surface area contributed by atoms with E-state index in [4.69, 9.17) is 5.11 Å². The molecule has 1 aliphatic carbocycles. The highest BCUT2D eigenvalue weighted by Crippen LogP contribution is 2.38. The second-order valence-electron chi connectivity index (χ2n) is 4.95. The number of carbonyl (C=O) groups is 2. The Balaban J connectivity index is 2.28. The molecule has 1 N–H and O–H groups in total. The van der Waals surface area contributed by atoms with Gasteiger partial charge in [0.25, 0.3) is 0 Å². The van der Waals surface area contributed by atoms with Crippen molar-refractivity contribution in [1.29, 1.82) is 0 Å². The lowest BCUT2D eigenvalue weighted by atomic mass is 9.75. The van der Waals surface area contributed by atoms with Gasteiger partial charge in [0.15, 0.2) is 0 Å². The van der Waals surface area contributed by atoms with Gasteiger partial charge in [0, 0.05) is 18.8 Å². The summed E-state index contributed by atoms with van der Waals surface area (Å²) in [4.78, 5) is 22.6. The third-order valence-electron chi connectivity index (χ3n) is 3.65. The monoisotopic (exact) mass is 286 g/mol. The molecular formula is C14H13F3O3. The van der Waals surface area contributed by atoms with Crippen molar-refractivity contribution in [3.05, 3.63) is 35.4 Å². The van der Waals surface area contributed by atoms with E-state index in [0.29, 0.717) is 5.56 Å². The van der Waals surface area contributed by atoms with Crippen LogP contribution in [0.1, 0.15) is 36.3 Å². The Labute approximate surface area is 113 Å². The number of halogens is 3. The normalized spacial score (nSPS) is 23.6.